The van der Waals surface area contributed by atoms with Crippen LogP contribution in [0.25, 0.3) is 16.8 Å². The predicted octanol–water partition coefficient (Wildman–Crippen LogP) is 7.10. The van der Waals surface area contributed by atoms with Crippen LogP contribution in [0.3, 0.4) is 0 Å². The number of ether oxygens (including phenoxy) is 4. The molecule has 1 N–H and O–H groups in total. The Morgan fingerprint density at radius 2 is 1.88 bits per heavy atom. The number of nitrogens with zero attached hydrogens (tertiary/aromatic N) is 3. The number of aryl methyl sites for hydroxylation is 1. The second-order valence-corrected chi connectivity index (χ2v) is 18.7. The summed E-state index contributed by atoms with van der Waals surface area (Å²) in [6, 6.07) is 7.76. The average Bonchev–Trinajstić information content (AvgIpc) is 3.51. The highest BCUT2D eigenvalue weighted by molar-refractivity contribution is 6.74. The molecular weight excluding hydrogens is 564 g/mol. The van der Waals surface area contributed by atoms with Crippen molar-refractivity contribution in [1.82, 2.24) is 14.4 Å². The molecule has 0 unspecified atom stereocenters. The number of fused-ring (bicyclic) bond motifs is 1. The molecule has 4 rings (SSSR count). The van der Waals surface area contributed by atoms with Crippen molar-refractivity contribution in [2.75, 3.05) is 32.2 Å². The Kier molecular flexibility index (Phi) is 9.32. The summed E-state index contributed by atoms with van der Waals surface area (Å²) in [5.74, 6) is 1.05. The SMILES string of the molecule is CO[C@]1(c2cc(OC[C@@H](C)O[Si](C)(C)C(C)(C)C)cc(-c3cc(C)n4cnc(NC(=O)OC(C)(C)C)cc34)n2)CCOC1. The molecule has 0 aromatic carbocycles. The monoisotopic (exact) mass is 612 g/mol. The third-order valence-corrected chi connectivity index (χ3v) is 12.8. The standard InChI is InChI=1S/C32H48N4O6Si/c1-21-14-24(26-17-28(33-20-36(21)26)35-29(37)41-30(3,4)5)25-15-23(16-27(34-25)32(38-9)12-13-39-19-32)40-18-22(2)42-43(10,11)31(6,7)8/h14-17,20,22H,12-13,18-19H2,1-11H3,(H,35,37)/t22-,32-/m1/s1. The molecule has 0 radical (unpaired) electrons. The number of anilines is 1. The van der Waals surface area contributed by atoms with E-state index in [0.717, 1.165) is 22.5 Å². The van der Waals surface area contributed by atoms with Gasteiger partial charge in [-0.2, -0.15) is 0 Å². The first kappa shape index (κ1) is 32.9. The maximum atomic E-state index is 12.5. The molecule has 11 heteroatoms. The number of methoxy groups -OCH3 is 1. The second-order valence-electron chi connectivity index (χ2n) is 13.9. The molecule has 43 heavy (non-hydrogen) atoms. The largest absolute Gasteiger partial charge is 0.491 e. The van der Waals surface area contributed by atoms with Gasteiger partial charge in [-0.1, -0.05) is 20.8 Å². The normalized spacial score (nSPS) is 18.6. The first-order valence-electron chi connectivity index (χ1n) is 14.9. The van der Waals surface area contributed by atoms with Gasteiger partial charge < -0.3 is 27.8 Å². The quantitative estimate of drug-likeness (QED) is 0.255. The van der Waals surface area contributed by atoms with E-state index < -0.39 is 25.6 Å². The van der Waals surface area contributed by atoms with E-state index >= 15 is 0 Å². The van der Waals surface area contributed by atoms with Gasteiger partial charge in [-0.3, -0.25) is 5.32 Å². The maximum Gasteiger partial charge on any atom is 0.413 e. The van der Waals surface area contributed by atoms with Gasteiger partial charge in [0.25, 0.3) is 0 Å². The number of carbonyl (C=O) groups is 1. The van der Waals surface area contributed by atoms with Gasteiger partial charge in [0.05, 0.1) is 29.6 Å². The van der Waals surface area contributed by atoms with Gasteiger partial charge in [-0.15, -0.1) is 0 Å². The van der Waals surface area contributed by atoms with Crippen LogP contribution in [0.4, 0.5) is 10.6 Å². The Hall–Kier alpha value is -2.99. The Labute approximate surface area is 256 Å². The van der Waals surface area contributed by atoms with Crippen molar-refractivity contribution in [3.63, 3.8) is 0 Å². The van der Waals surface area contributed by atoms with Crippen LogP contribution in [0.1, 0.15) is 66.3 Å². The molecule has 1 saturated heterocycles. The molecule has 1 fully saturated rings. The molecule has 1 aliphatic heterocycles. The lowest BCUT2D eigenvalue weighted by Gasteiger charge is -2.38. The minimum absolute atomic E-state index is 0.0859. The van der Waals surface area contributed by atoms with Gasteiger partial charge in [0.1, 0.15) is 35.7 Å². The summed E-state index contributed by atoms with van der Waals surface area (Å²) in [7, 11) is -0.263. The van der Waals surface area contributed by atoms with Crippen LogP contribution in [0, 0.1) is 6.92 Å². The summed E-state index contributed by atoms with van der Waals surface area (Å²) in [5.41, 5.74) is 2.84. The Morgan fingerprint density at radius 3 is 2.49 bits per heavy atom. The van der Waals surface area contributed by atoms with Crippen molar-refractivity contribution in [2.24, 2.45) is 0 Å². The number of hydrogen-bond acceptors (Lipinski definition) is 8. The first-order valence-corrected chi connectivity index (χ1v) is 17.8. The van der Waals surface area contributed by atoms with E-state index in [1.807, 2.05) is 50.3 Å². The molecule has 0 saturated carbocycles. The zero-order chi connectivity index (χ0) is 31.8. The van der Waals surface area contributed by atoms with Crippen molar-refractivity contribution in [3.8, 4) is 17.0 Å². The maximum absolute atomic E-state index is 12.5. The van der Waals surface area contributed by atoms with E-state index in [1.54, 1.807) is 13.4 Å². The lowest BCUT2D eigenvalue weighted by Crippen LogP contribution is -2.44. The second kappa shape index (κ2) is 12.2. The van der Waals surface area contributed by atoms with Crippen LogP contribution in [0.5, 0.6) is 5.75 Å². The van der Waals surface area contributed by atoms with Crippen molar-refractivity contribution in [3.05, 3.63) is 42.0 Å². The molecule has 1 amide bonds. The molecule has 236 valence electrons. The molecule has 3 aromatic rings. The molecule has 1 aliphatic rings. The van der Waals surface area contributed by atoms with E-state index in [4.69, 9.17) is 28.4 Å². The van der Waals surface area contributed by atoms with Crippen LogP contribution < -0.4 is 10.1 Å². The highest BCUT2D eigenvalue weighted by Gasteiger charge is 2.40. The molecule has 0 aliphatic carbocycles. The molecule has 4 heterocycles. The van der Waals surface area contributed by atoms with Crippen molar-refractivity contribution in [1.29, 1.82) is 0 Å². The Balaban J connectivity index is 1.71. The zero-order valence-corrected chi connectivity index (χ0v) is 28.6. The van der Waals surface area contributed by atoms with Gasteiger partial charge in [0.15, 0.2) is 8.32 Å². The van der Waals surface area contributed by atoms with Gasteiger partial charge in [-0.05, 0) is 58.8 Å². The minimum Gasteiger partial charge on any atom is -0.491 e. The van der Waals surface area contributed by atoms with E-state index in [0.29, 0.717) is 43.5 Å². The molecular formula is C32H48N4O6Si. The minimum atomic E-state index is -1.95. The van der Waals surface area contributed by atoms with Gasteiger partial charge in [0, 0.05) is 49.6 Å². The average molecular weight is 613 g/mol. The summed E-state index contributed by atoms with van der Waals surface area (Å²) >= 11 is 0. The lowest BCUT2D eigenvalue weighted by molar-refractivity contribution is -0.0247. The van der Waals surface area contributed by atoms with E-state index in [9.17, 15) is 4.79 Å². The Morgan fingerprint density at radius 1 is 1.16 bits per heavy atom. The van der Waals surface area contributed by atoms with Crippen molar-refractivity contribution < 1.29 is 28.2 Å². The third kappa shape index (κ3) is 7.57. The Bertz CT molecular complexity index is 1450. The number of nitrogens with one attached hydrogen (secondary N) is 1. The number of carbonyl (C=O) groups excluding carboxylic acids is 1. The van der Waals surface area contributed by atoms with Gasteiger partial charge in [-0.25, -0.2) is 14.8 Å². The van der Waals surface area contributed by atoms with Crippen LogP contribution in [0.2, 0.25) is 18.1 Å². The number of rotatable bonds is 9. The fraction of sp³-hybridized carbons (Fsp3) is 0.594. The third-order valence-electron chi connectivity index (χ3n) is 8.19. The topological polar surface area (TPSA) is 105 Å². The molecule has 10 nitrogen and oxygen atoms in total. The first-order chi connectivity index (χ1) is 19.9. The smallest absolute Gasteiger partial charge is 0.413 e. The van der Waals surface area contributed by atoms with Gasteiger partial charge in [0.2, 0.25) is 0 Å². The summed E-state index contributed by atoms with van der Waals surface area (Å²) < 4.78 is 32.1. The molecule has 3 aromatic heterocycles. The van der Waals surface area contributed by atoms with Crippen molar-refractivity contribution >= 4 is 25.7 Å². The van der Waals surface area contributed by atoms with E-state index in [2.05, 4.69) is 57.2 Å². The fourth-order valence-electron chi connectivity index (χ4n) is 4.84. The highest BCUT2D eigenvalue weighted by atomic mass is 28.4. The highest BCUT2D eigenvalue weighted by Crippen LogP contribution is 2.39. The predicted molar refractivity (Wildman–Crippen MR) is 170 cm³/mol. The van der Waals surface area contributed by atoms with Crippen LogP contribution in [-0.4, -0.2) is 67.4 Å². The molecule has 0 spiro atoms. The van der Waals surface area contributed by atoms with E-state index in [1.165, 1.54) is 0 Å². The van der Waals surface area contributed by atoms with Crippen LogP contribution in [0.15, 0.2) is 30.6 Å². The number of pyridine rings is 1. The van der Waals surface area contributed by atoms with Crippen LogP contribution >= 0.6 is 0 Å². The number of hydrogen-bond donors (Lipinski definition) is 1. The summed E-state index contributed by atoms with van der Waals surface area (Å²) in [6.45, 7) is 22.1. The molecule has 0 bridgehead atoms. The summed E-state index contributed by atoms with van der Waals surface area (Å²) in [6.07, 6.45) is 1.72. The number of amides is 1. The lowest BCUT2D eigenvalue weighted by atomic mass is 9.97. The zero-order valence-electron chi connectivity index (χ0n) is 27.6. The summed E-state index contributed by atoms with van der Waals surface area (Å²) in [5, 5.41) is 2.85. The molecule has 2 atom stereocenters. The van der Waals surface area contributed by atoms with Crippen LogP contribution in [-0.2, 0) is 24.2 Å². The van der Waals surface area contributed by atoms with Gasteiger partial charge >= 0.3 is 6.09 Å². The fourth-order valence-corrected chi connectivity index (χ4v) is 6.27. The van der Waals surface area contributed by atoms with Crippen molar-refractivity contribution in [2.45, 2.75) is 97.2 Å². The van der Waals surface area contributed by atoms with E-state index in [-0.39, 0.29) is 11.1 Å². The number of aromatic nitrogens is 3. The summed E-state index contributed by atoms with van der Waals surface area (Å²) in [4.78, 5) is 22.0.